The van der Waals surface area contributed by atoms with E-state index in [9.17, 15) is 21.6 Å². The van der Waals surface area contributed by atoms with Crippen LogP contribution in [0.2, 0.25) is 0 Å². The fraction of sp³-hybridized carbons (Fsp3) is 0.286. The molecule has 1 amide bonds. The molecule has 0 saturated heterocycles. The summed E-state index contributed by atoms with van der Waals surface area (Å²) >= 11 is 0. The van der Waals surface area contributed by atoms with Crippen LogP contribution >= 0.6 is 0 Å². The lowest BCUT2D eigenvalue weighted by molar-refractivity contribution is 0.102. The van der Waals surface area contributed by atoms with Gasteiger partial charge < -0.3 is 10.1 Å². The molecule has 1 fully saturated rings. The van der Waals surface area contributed by atoms with Crippen molar-refractivity contribution in [3.8, 4) is 5.75 Å². The fourth-order valence-electron chi connectivity index (χ4n) is 2.86. The molecule has 11 heteroatoms. The highest BCUT2D eigenvalue weighted by atomic mass is 32.2. The lowest BCUT2D eigenvalue weighted by Gasteiger charge is -2.12. The van der Waals surface area contributed by atoms with E-state index in [2.05, 4.69) is 21.3 Å². The Morgan fingerprint density at radius 3 is 2.41 bits per heavy atom. The van der Waals surface area contributed by atoms with Crippen molar-refractivity contribution in [3.05, 3.63) is 66.2 Å². The Morgan fingerprint density at radius 1 is 1.12 bits per heavy atom. The van der Waals surface area contributed by atoms with Gasteiger partial charge in [-0.1, -0.05) is 18.2 Å². The third-order valence-corrected chi connectivity index (χ3v) is 7.49. The van der Waals surface area contributed by atoms with E-state index in [4.69, 9.17) is 4.74 Å². The number of rotatable bonds is 11. The van der Waals surface area contributed by atoms with E-state index < -0.39 is 26.0 Å². The zero-order chi connectivity index (χ0) is 23.4. The van der Waals surface area contributed by atoms with Crippen molar-refractivity contribution in [2.45, 2.75) is 29.5 Å². The fourth-order valence-corrected chi connectivity index (χ4v) is 5.46. The molecular formula is C21H25N3O6S2. The van der Waals surface area contributed by atoms with Gasteiger partial charge in [-0.25, -0.2) is 26.3 Å². The first-order chi connectivity index (χ1) is 15.1. The quantitative estimate of drug-likeness (QED) is 0.423. The minimum atomic E-state index is -3.82. The zero-order valence-electron chi connectivity index (χ0n) is 17.5. The summed E-state index contributed by atoms with van der Waals surface area (Å²) in [4.78, 5) is 12.6. The van der Waals surface area contributed by atoms with Gasteiger partial charge >= 0.3 is 0 Å². The topological polar surface area (TPSA) is 131 Å². The second kappa shape index (κ2) is 9.82. The lowest BCUT2D eigenvalue weighted by Crippen LogP contribution is -2.26. The smallest absolute Gasteiger partial charge is 0.255 e. The van der Waals surface area contributed by atoms with Gasteiger partial charge in [0.1, 0.15) is 10.6 Å². The minimum Gasteiger partial charge on any atom is -0.495 e. The van der Waals surface area contributed by atoms with Crippen molar-refractivity contribution in [3.63, 3.8) is 0 Å². The van der Waals surface area contributed by atoms with Crippen LogP contribution in [0.4, 0.5) is 5.69 Å². The number of sulfonamides is 2. The summed E-state index contributed by atoms with van der Waals surface area (Å²) < 4.78 is 59.3. The molecule has 2 aromatic carbocycles. The molecule has 3 rings (SSSR count). The predicted octanol–water partition coefficient (Wildman–Crippen LogP) is 1.99. The van der Waals surface area contributed by atoms with Gasteiger partial charge in [-0.05, 0) is 48.7 Å². The average molecular weight is 480 g/mol. The first kappa shape index (κ1) is 23.9. The Kier molecular flexibility index (Phi) is 7.34. The molecule has 1 aliphatic rings. The maximum absolute atomic E-state index is 12.7. The maximum atomic E-state index is 12.7. The first-order valence-corrected chi connectivity index (χ1v) is 13.0. The summed E-state index contributed by atoms with van der Waals surface area (Å²) in [6, 6.07) is 10.4. The summed E-state index contributed by atoms with van der Waals surface area (Å²) in [7, 11) is -5.95. The van der Waals surface area contributed by atoms with Gasteiger partial charge in [-0.15, -0.1) is 6.58 Å². The normalized spacial score (nSPS) is 14.0. The summed E-state index contributed by atoms with van der Waals surface area (Å²) in [5, 5.41) is 2.68. The van der Waals surface area contributed by atoms with E-state index in [1.807, 2.05) is 0 Å². The Hall–Kier alpha value is -2.73. The number of hydrogen-bond acceptors (Lipinski definition) is 6. The number of nitrogens with one attached hydrogen (secondary N) is 3. The van der Waals surface area contributed by atoms with Gasteiger partial charge in [0, 0.05) is 23.8 Å². The highest BCUT2D eigenvalue weighted by Gasteiger charge is 2.30. The van der Waals surface area contributed by atoms with E-state index >= 15 is 0 Å². The Morgan fingerprint density at radius 2 is 1.81 bits per heavy atom. The number of ether oxygens (including phenoxy) is 1. The van der Waals surface area contributed by atoms with Crippen molar-refractivity contribution in [1.29, 1.82) is 0 Å². The molecular weight excluding hydrogens is 454 g/mol. The zero-order valence-corrected chi connectivity index (χ0v) is 19.1. The molecule has 1 saturated carbocycles. The van der Waals surface area contributed by atoms with Crippen molar-refractivity contribution in [1.82, 2.24) is 9.44 Å². The molecule has 0 bridgehead atoms. The van der Waals surface area contributed by atoms with Crippen LogP contribution in [0.15, 0.2) is 60.0 Å². The van der Waals surface area contributed by atoms with Gasteiger partial charge in [0.15, 0.2) is 0 Å². The second-order valence-corrected chi connectivity index (χ2v) is 10.8. The number of amides is 1. The van der Waals surface area contributed by atoms with Crippen LogP contribution < -0.4 is 19.5 Å². The van der Waals surface area contributed by atoms with Crippen molar-refractivity contribution < 1.29 is 26.4 Å². The summed E-state index contributed by atoms with van der Waals surface area (Å²) in [6.07, 6.45) is 3.01. The van der Waals surface area contributed by atoms with Crippen molar-refractivity contribution >= 4 is 31.6 Å². The number of carbonyl (C=O) groups excluding carboxylic acids is 1. The molecule has 0 radical (unpaired) electrons. The summed E-state index contributed by atoms with van der Waals surface area (Å²) in [6.45, 7) is 3.61. The molecule has 1 aliphatic carbocycles. The summed E-state index contributed by atoms with van der Waals surface area (Å²) in [5.74, 6) is -0.572. The molecule has 3 N–H and O–H groups in total. The van der Waals surface area contributed by atoms with Crippen LogP contribution in [0.25, 0.3) is 0 Å². The molecule has 32 heavy (non-hydrogen) atoms. The van der Waals surface area contributed by atoms with Gasteiger partial charge in [0.2, 0.25) is 20.0 Å². The van der Waals surface area contributed by atoms with Gasteiger partial charge in [0.05, 0.1) is 12.9 Å². The number of hydrogen-bond donors (Lipinski definition) is 3. The maximum Gasteiger partial charge on any atom is 0.255 e. The average Bonchev–Trinajstić information content (AvgIpc) is 3.56. The molecule has 0 aromatic heterocycles. The third kappa shape index (κ3) is 6.39. The van der Waals surface area contributed by atoms with Crippen LogP contribution in [-0.2, 0) is 25.8 Å². The van der Waals surface area contributed by atoms with Crippen LogP contribution in [-0.4, -0.2) is 42.4 Å². The van der Waals surface area contributed by atoms with Crippen LogP contribution in [0.5, 0.6) is 5.75 Å². The molecule has 0 unspecified atom stereocenters. The molecule has 0 atom stereocenters. The standard InChI is InChI=1S/C21H25N3O6S2/c1-3-12-22-31(26,27)14-15-4-7-17(8-5-15)23-21(25)16-6-11-19(30-2)20(13-16)32(28,29)24-18-9-10-18/h3-8,11,13,18,22,24H,1,9-10,12,14H2,2H3,(H,23,25). The van der Waals surface area contributed by atoms with E-state index in [0.29, 0.717) is 11.3 Å². The van der Waals surface area contributed by atoms with E-state index in [1.165, 1.54) is 31.4 Å². The van der Waals surface area contributed by atoms with E-state index in [-0.39, 0.29) is 34.5 Å². The van der Waals surface area contributed by atoms with Crippen LogP contribution in [0, 0.1) is 0 Å². The first-order valence-electron chi connectivity index (χ1n) is 9.82. The van der Waals surface area contributed by atoms with Gasteiger partial charge in [-0.3, -0.25) is 4.79 Å². The number of carbonyl (C=O) groups is 1. The molecule has 172 valence electrons. The highest BCUT2D eigenvalue weighted by Crippen LogP contribution is 2.28. The number of benzene rings is 2. The van der Waals surface area contributed by atoms with Crippen LogP contribution in [0.1, 0.15) is 28.8 Å². The second-order valence-electron chi connectivity index (χ2n) is 7.31. The molecule has 9 nitrogen and oxygen atoms in total. The molecule has 0 spiro atoms. The monoisotopic (exact) mass is 479 g/mol. The summed E-state index contributed by atoms with van der Waals surface area (Å²) in [5.41, 5.74) is 1.12. The molecule has 0 aliphatic heterocycles. The Bertz CT molecular complexity index is 1200. The van der Waals surface area contributed by atoms with Crippen molar-refractivity contribution in [2.24, 2.45) is 0 Å². The molecule has 0 heterocycles. The van der Waals surface area contributed by atoms with E-state index in [0.717, 1.165) is 12.8 Å². The Balaban J connectivity index is 1.73. The van der Waals surface area contributed by atoms with Crippen LogP contribution in [0.3, 0.4) is 0 Å². The highest BCUT2D eigenvalue weighted by molar-refractivity contribution is 7.89. The predicted molar refractivity (Wildman–Crippen MR) is 122 cm³/mol. The number of anilines is 1. The lowest BCUT2D eigenvalue weighted by atomic mass is 10.2. The molecule has 2 aromatic rings. The third-order valence-electron chi connectivity index (χ3n) is 4.63. The Labute approximate surface area is 188 Å². The number of methoxy groups -OCH3 is 1. The minimum absolute atomic E-state index is 0.0866. The largest absolute Gasteiger partial charge is 0.495 e. The van der Waals surface area contributed by atoms with E-state index in [1.54, 1.807) is 24.3 Å². The van der Waals surface area contributed by atoms with Crippen molar-refractivity contribution in [2.75, 3.05) is 19.0 Å². The van der Waals surface area contributed by atoms with Gasteiger partial charge in [-0.2, -0.15) is 0 Å². The SMILES string of the molecule is C=CCNS(=O)(=O)Cc1ccc(NC(=O)c2ccc(OC)c(S(=O)(=O)NC3CC3)c2)cc1. The van der Waals surface area contributed by atoms with Gasteiger partial charge in [0.25, 0.3) is 5.91 Å².